The zero-order chi connectivity index (χ0) is 15.7. The molecule has 0 bridgehead atoms. The minimum absolute atomic E-state index is 0.346. The molecule has 1 heterocycles. The molecule has 2 aromatic rings. The largest absolute Gasteiger partial charge is 0.480 e. The Kier molecular flexibility index (Phi) is 4.31. The number of nitrogens with zero attached hydrogens (tertiary/aromatic N) is 2. The Hall–Kier alpha value is -1.66. The van der Waals surface area contributed by atoms with Gasteiger partial charge < -0.3 is 9.52 Å². The lowest BCUT2D eigenvalue weighted by atomic mass is 10.2. The van der Waals surface area contributed by atoms with Gasteiger partial charge in [-0.2, -0.15) is 0 Å². The number of hydrogen-bond donors (Lipinski definition) is 1. The van der Waals surface area contributed by atoms with E-state index in [1.807, 2.05) is 29.2 Å². The van der Waals surface area contributed by atoms with E-state index in [1.54, 1.807) is 13.2 Å². The van der Waals surface area contributed by atoms with E-state index in [1.165, 1.54) is 0 Å². The molecule has 1 aliphatic carbocycles. The highest BCUT2D eigenvalue weighted by Gasteiger charge is 2.35. The zero-order valence-corrected chi connectivity index (χ0v) is 13.8. The van der Waals surface area contributed by atoms with Crippen LogP contribution in [0.1, 0.15) is 25.5 Å². The number of hydrogen-bond acceptors (Lipinski definition) is 4. The second-order valence-corrected chi connectivity index (χ2v) is 6.48. The third-order valence-corrected chi connectivity index (χ3v) is 4.39. The van der Waals surface area contributed by atoms with Gasteiger partial charge in [0.1, 0.15) is 12.3 Å². The molecule has 116 valence electrons. The van der Waals surface area contributed by atoms with Crippen LogP contribution in [-0.4, -0.2) is 33.0 Å². The summed E-state index contributed by atoms with van der Waals surface area (Å²) in [4.78, 5) is 17.7. The number of carboxylic acids is 1. The fraction of sp³-hybridized carbons (Fsp3) is 0.375. The minimum atomic E-state index is -0.802. The van der Waals surface area contributed by atoms with Gasteiger partial charge in [0.15, 0.2) is 0 Å². The Morgan fingerprint density at radius 2 is 2.14 bits per heavy atom. The lowest BCUT2D eigenvalue weighted by Gasteiger charge is -2.24. The van der Waals surface area contributed by atoms with Crippen LogP contribution in [0.4, 0.5) is 0 Å². The maximum Gasteiger partial charge on any atom is 0.320 e. The van der Waals surface area contributed by atoms with Gasteiger partial charge in [-0.15, -0.1) is 0 Å². The van der Waals surface area contributed by atoms with Crippen molar-refractivity contribution in [2.75, 3.05) is 0 Å². The summed E-state index contributed by atoms with van der Waals surface area (Å²) in [5.41, 5.74) is 1.66. The summed E-state index contributed by atoms with van der Waals surface area (Å²) in [7, 11) is 0. The standard InChI is InChI=1S/C16H17BrN2O3/c1-10(16(20)21)19(14-6-7-14)8-13-9-22-15(18-13)11-2-4-12(17)5-3-11/h2-5,9-10,14H,6-8H2,1H3,(H,20,21). The normalized spacial score (nSPS) is 16.0. The van der Waals surface area contributed by atoms with E-state index in [9.17, 15) is 9.90 Å². The molecule has 1 N–H and O–H groups in total. The first-order chi connectivity index (χ1) is 10.5. The van der Waals surface area contributed by atoms with Gasteiger partial charge in [-0.1, -0.05) is 15.9 Å². The van der Waals surface area contributed by atoms with Gasteiger partial charge in [0.25, 0.3) is 0 Å². The van der Waals surface area contributed by atoms with Gasteiger partial charge in [0, 0.05) is 22.6 Å². The van der Waals surface area contributed by atoms with Gasteiger partial charge in [-0.25, -0.2) is 4.98 Å². The van der Waals surface area contributed by atoms with Crippen molar-refractivity contribution in [3.63, 3.8) is 0 Å². The third kappa shape index (κ3) is 3.39. The fourth-order valence-electron chi connectivity index (χ4n) is 2.42. The van der Waals surface area contributed by atoms with Gasteiger partial charge >= 0.3 is 5.97 Å². The zero-order valence-electron chi connectivity index (χ0n) is 12.2. The summed E-state index contributed by atoms with van der Waals surface area (Å²) in [6.45, 7) is 2.22. The molecule has 6 heteroatoms. The summed E-state index contributed by atoms with van der Waals surface area (Å²) < 4.78 is 6.53. The SMILES string of the molecule is CC(C(=O)O)N(Cc1coc(-c2ccc(Br)cc2)n1)C1CC1. The van der Waals surface area contributed by atoms with Crippen molar-refractivity contribution in [1.29, 1.82) is 0 Å². The molecule has 1 fully saturated rings. The van der Waals surface area contributed by atoms with Gasteiger partial charge in [0.05, 0.1) is 5.69 Å². The van der Waals surface area contributed by atoms with Crippen LogP contribution in [0, 0.1) is 0 Å². The number of carboxylic acid groups (broad SMARTS) is 1. The van der Waals surface area contributed by atoms with E-state index >= 15 is 0 Å². The molecule has 1 atom stereocenters. The average Bonchev–Trinajstić information content (AvgIpc) is 3.24. The van der Waals surface area contributed by atoms with Crippen molar-refractivity contribution < 1.29 is 14.3 Å². The van der Waals surface area contributed by atoms with E-state index in [0.29, 0.717) is 18.5 Å². The smallest absolute Gasteiger partial charge is 0.320 e. The number of aliphatic carboxylic acids is 1. The van der Waals surface area contributed by atoms with Crippen LogP contribution in [0.2, 0.25) is 0 Å². The lowest BCUT2D eigenvalue weighted by molar-refractivity contribution is -0.143. The summed E-state index contributed by atoms with van der Waals surface area (Å²) in [5, 5.41) is 9.23. The Labute approximate surface area is 137 Å². The number of rotatable bonds is 6. The van der Waals surface area contributed by atoms with Gasteiger partial charge in [0.2, 0.25) is 5.89 Å². The third-order valence-electron chi connectivity index (χ3n) is 3.86. The highest BCUT2D eigenvalue weighted by atomic mass is 79.9. The molecular formula is C16H17BrN2O3. The molecule has 0 saturated heterocycles. The maximum atomic E-state index is 11.2. The average molecular weight is 365 g/mol. The maximum absolute atomic E-state index is 11.2. The monoisotopic (exact) mass is 364 g/mol. The van der Waals surface area contributed by atoms with Gasteiger partial charge in [-0.3, -0.25) is 9.69 Å². The molecular weight excluding hydrogens is 348 g/mol. The first-order valence-corrected chi connectivity index (χ1v) is 8.03. The van der Waals surface area contributed by atoms with Gasteiger partial charge in [-0.05, 0) is 44.0 Å². The van der Waals surface area contributed by atoms with E-state index in [0.717, 1.165) is 28.6 Å². The Morgan fingerprint density at radius 1 is 1.45 bits per heavy atom. The number of aromatic nitrogens is 1. The van der Waals surface area contributed by atoms with E-state index in [4.69, 9.17) is 4.42 Å². The van der Waals surface area contributed by atoms with E-state index in [2.05, 4.69) is 20.9 Å². The van der Waals surface area contributed by atoms with Crippen LogP contribution in [0.5, 0.6) is 0 Å². The van der Waals surface area contributed by atoms with Crippen molar-refractivity contribution in [2.24, 2.45) is 0 Å². The molecule has 22 heavy (non-hydrogen) atoms. The minimum Gasteiger partial charge on any atom is -0.480 e. The summed E-state index contributed by atoms with van der Waals surface area (Å²) in [6, 6.07) is 7.56. The molecule has 1 aromatic carbocycles. The van der Waals surface area contributed by atoms with E-state index in [-0.39, 0.29) is 0 Å². The summed E-state index contributed by atoms with van der Waals surface area (Å²) >= 11 is 3.39. The molecule has 5 nitrogen and oxygen atoms in total. The summed E-state index contributed by atoms with van der Waals surface area (Å²) in [6.07, 6.45) is 3.71. The Balaban J connectivity index is 1.75. The second-order valence-electron chi connectivity index (χ2n) is 5.57. The van der Waals surface area contributed by atoms with Crippen LogP contribution < -0.4 is 0 Å². The van der Waals surface area contributed by atoms with E-state index < -0.39 is 12.0 Å². The number of oxazole rings is 1. The highest BCUT2D eigenvalue weighted by molar-refractivity contribution is 9.10. The van der Waals surface area contributed by atoms with Crippen molar-refractivity contribution in [1.82, 2.24) is 9.88 Å². The van der Waals surface area contributed by atoms with Crippen LogP contribution in [-0.2, 0) is 11.3 Å². The second kappa shape index (κ2) is 6.22. The van der Waals surface area contributed by atoms with Crippen LogP contribution in [0.25, 0.3) is 11.5 Å². The molecule has 3 rings (SSSR count). The molecule has 1 aliphatic rings. The molecule has 0 aliphatic heterocycles. The number of benzene rings is 1. The topological polar surface area (TPSA) is 66.6 Å². The van der Waals surface area contributed by atoms with Crippen molar-refractivity contribution in [3.05, 3.63) is 40.7 Å². The fourth-order valence-corrected chi connectivity index (χ4v) is 2.69. The predicted octanol–water partition coefficient (Wildman–Crippen LogP) is 3.54. The molecule has 0 amide bonds. The Morgan fingerprint density at radius 3 is 2.73 bits per heavy atom. The molecule has 0 spiro atoms. The van der Waals surface area contributed by atoms with Crippen LogP contribution in [0.15, 0.2) is 39.4 Å². The van der Waals surface area contributed by atoms with Crippen LogP contribution >= 0.6 is 15.9 Å². The highest BCUT2D eigenvalue weighted by Crippen LogP contribution is 2.30. The van der Waals surface area contributed by atoms with Crippen LogP contribution in [0.3, 0.4) is 0 Å². The number of halogens is 1. The Bertz CT molecular complexity index is 664. The van der Waals surface area contributed by atoms with Crippen molar-refractivity contribution >= 4 is 21.9 Å². The molecule has 1 saturated carbocycles. The van der Waals surface area contributed by atoms with Crippen molar-refractivity contribution in [3.8, 4) is 11.5 Å². The molecule has 1 unspecified atom stereocenters. The predicted molar refractivity (Wildman–Crippen MR) is 85.3 cm³/mol. The number of carbonyl (C=O) groups is 1. The first-order valence-electron chi connectivity index (χ1n) is 7.23. The summed E-state index contributed by atoms with van der Waals surface area (Å²) in [5.74, 6) is -0.246. The lowest BCUT2D eigenvalue weighted by Crippen LogP contribution is -2.40. The molecule has 1 aromatic heterocycles. The molecule has 0 radical (unpaired) electrons. The first kappa shape index (κ1) is 15.2. The quantitative estimate of drug-likeness (QED) is 0.848. The van der Waals surface area contributed by atoms with Crippen molar-refractivity contribution in [2.45, 2.75) is 38.4 Å².